The van der Waals surface area contributed by atoms with Crippen LogP contribution in [0.25, 0.3) is 0 Å². The Kier molecular flexibility index (Phi) is 4.25. The van der Waals surface area contributed by atoms with E-state index in [1.165, 1.54) is 6.26 Å². The number of sulfonamides is 1. The number of nitrogens with zero attached hydrogens (tertiary/aromatic N) is 2. The molecule has 0 bridgehead atoms. The van der Waals surface area contributed by atoms with E-state index in [9.17, 15) is 8.42 Å². The predicted octanol–water partition coefficient (Wildman–Crippen LogP) is 1.95. The van der Waals surface area contributed by atoms with Crippen LogP contribution in [0.2, 0.25) is 5.15 Å². The number of pyridine rings is 1. The minimum atomic E-state index is -3.08. The standard InChI is InChI=1S/C12H17ClN2O2S/c1-18(16,17)15-7-3-4-10(9-15)8-11-5-2-6-14-12(11)13/h2,5-6,10H,3-4,7-9H2,1H3. The van der Waals surface area contributed by atoms with Gasteiger partial charge in [-0.15, -0.1) is 0 Å². The summed E-state index contributed by atoms with van der Waals surface area (Å²) in [5.74, 6) is 0.329. The fourth-order valence-electron chi connectivity index (χ4n) is 2.38. The molecule has 2 heterocycles. The van der Waals surface area contributed by atoms with Crippen LogP contribution in [-0.2, 0) is 16.4 Å². The van der Waals surface area contributed by atoms with E-state index in [0.29, 0.717) is 24.2 Å². The number of piperidine rings is 1. The molecule has 1 unspecified atom stereocenters. The molecule has 1 aliphatic heterocycles. The second kappa shape index (κ2) is 5.55. The molecule has 0 saturated carbocycles. The monoisotopic (exact) mass is 288 g/mol. The lowest BCUT2D eigenvalue weighted by Crippen LogP contribution is -2.39. The quantitative estimate of drug-likeness (QED) is 0.799. The summed E-state index contributed by atoms with van der Waals surface area (Å²) in [6.45, 7) is 1.22. The summed E-state index contributed by atoms with van der Waals surface area (Å²) in [7, 11) is -3.08. The third-order valence-corrected chi connectivity index (χ3v) is 4.91. The van der Waals surface area contributed by atoms with Crippen molar-refractivity contribution in [2.45, 2.75) is 19.3 Å². The van der Waals surface area contributed by atoms with Crippen molar-refractivity contribution in [3.05, 3.63) is 29.0 Å². The average Bonchev–Trinajstić information content (AvgIpc) is 2.31. The number of halogens is 1. The van der Waals surface area contributed by atoms with Crippen molar-refractivity contribution < 1.29 is 8.42 Å². The zero-order chi connectivity index (χ0) is 13.2. The first-order chi connectivity index (χ1) is 8.47. The molecule has 1 aromatic rings. The third kappa shape index (κ3) is 3.43. The summed E-state index contributed by atoms with van der Waals surface area (Å²) in [4.78, 5) is 4.05. The second-order valence-corrected chi connectivity index (χ2v) is 7.13. The van der Waals surface area contributed by atoms with Crippen LogP contribution in [0.15, 0.2) is 18.3 Å². The van der Waals surface area contributed by atoms with Gasteiger partial charge in [-0.1, -0.05) is 17.7 Å². The van der Waals surface area contributed by atoms with E-state index in [-0.39, 0.29) is 0 Å². The van der Waals surface area contributed by atoms with Gasteiger partial charge in [0.05, 0.1) is 6.26 Å². The predicted molar refractivity (Wildman–Crippen MR) is 72.1 cm³/mol. The van der Waals surface area contributed by atoms with Crippen LogP contribution in [0.4, 0.5) is 0 Å². The molecule has 100 valence electrons. The summed E-state index contributed by atoms with van der Waals surface area (Å²) < 4.78 is 24.6. The van der Waals surface area contributed by atoms with E-state index in [0.717, 1.165) is 24.8 Å². The normalized spacial score (nSPS) is 22.0. The maximum atomic E-state index is 11.5. The molecule has 1 atom stereocenters. The zero-order valence-electron chi connectivity index (χ0n) is 10.3. The number of aromatic nitrogens is 1. The molecule has 1 saturated heterocycles. The van der Waals surface area contributed by atoms with Gasteiger partial charge in [-0.25, -0.2) is 17.7 Å². The Morgan fingerprint density at radius 2 is 2.33 bits per heavy atom. The summed E-state index contributed by atoms with van der Waals surface area (Å²) in [5, 5.41) is 0.522. The summed E-state index contributed by atoms with van der Waals surface area (Å²) in [5.41, 5.74) is 1.000. The van der Waals surface area contributed by atoms with Gasteiger partial charge in [0.25, 0.3) is 0 Å². The number of hydrogen-bond donors (Lipinski definition) is 0. The summed E-state index contributed by atoms with van der Waals surface area (Å²) >= 11 is 6.03. The smallest absolute Gasteiger partial charge is 0.211 e. The highest BCUT2D eigenvalue weighted by Gasteiger charge is 2.26. The van der Waals surface area contributed by atoms with Gasteiger partial charge >= 0.3 is 0 Å². The fraction of sp³-hybridized carbons (Fsp3) is 0.583. The Morgan fingerprint density at radius 1 is 1.56 bits per heavy atom. The Hall–Kier alpha value is -0.650. The highest BCUT2D eigenvalue weighted by Crippen LogP contribution is 2.24. The summed E-state index contributed by atoms with van der Waals surface area (Å²) in [6, 6.07) is 3.81. The van der Waals surface area contributed by atoms with Gasteiger partial charge in [-0.05, 0) is 36.8 Å². The van der Waals surface area contributed by atoms with Crippen LogP contribution < -0.4 is 0 Å². The first kappa shape index (κ1) is 13.8. The van der Waals surface area contributed by atoms with Crippen LogP contribution in [0.5, 0.6) is 0 Å². The van der Waals surface area contributed by atoms with Crippen LogP contribution >= 0.6 is 11.6 Å². The van der Waals surface area contributed by atoms with Crippen LogP contribution in [0.1, 0.15) is 18.4 Å². The largest absolute Gasteiger partial charge is 0.244 e. The molecule has 0 spiro atoms. The second-order valence-electron chi connectivity index (χ2n) is 4.79. The molecule has 0 N–H and O–H groups in total. The first-order valence-electron chi connectivity index (χ1n) is 6.01. The van der Waals surface area contributed by atoms with Gasteiger partial charge < -0.3 is 0 Å². The molecule has 4 nitrogen and oxygen atoms in total. The van der Waals surface area contributed by atoms with Crippen LogP contribution in [-0.4, -0.2) is 37.1 Å². The molecule has 1 aliphatic rings. The molecule has 0 aliphatic carbocycles. The minimum absolute atomic E-state index is 0.329. The number of hydrogen-bond acceptors (Lipinski definition) is 3. The van der Waals surface area contributed by atoms with Gasteiger partial charge in [0, 0.05) is 19.3 Å². The van der Waals surface area contributed by atoms with Gasteiger partial charge in [0.15, 0.2) is 0 Å². The fourth-order valence-corrected chi connectivity index (χ4v) is 3.52. The van der Waals surface area contributed by atoms with E-state index in [1.807, 2.05) is 12.1 Å². The molecule has 0 amide bonds. The lowest BCUT2D eigenvalue weighted by molar-refractivity contribution is 0.266. The van der Waals surface area contributed by atoms with E-state index in [4.69, 9.17) is 11.6 Å². The molecular weight excluding hydrogens is 272 g/mol. The molecular formula is C12H17ClN2O2S. The SMILES string of the molecule is CS(=O)(=O)N1CCCC(Cc2cccnc2Cl)C1. The third-order valence-electron chi connectivity index (χ3n) is 3.30. The maximum absolute atomic E-state index is 11.5. The van der Waals surface area contributed by atoms with Gasteiger partial charge in [-0.3, -0.25) is 0 Å². The van der Waals surface area contributed by atoms with Crippen molar-refractivity contribution >= 4 is 21.6 Å². The van der Waals surface area contributed by atoms with Crippen LogP contribution in [0.3, 0.4) is 0 Å². The van der Waals surface area contributed by atoms with Crippen molar-refractivity contribution in [1.29, 1.82) is 0 Å². The average molecular weight is 289 g/mol. The molecule has 1 aromatic heterocycles. The van der Waals surface area contributed by atoms with Crippen molar-refractivity contribution in [1.82, 2.24) is 9.29 Å². The molecule has 0 aromatic carbocycles. The van der Waals surface area contributed by atoms with Gasteiger partial charge in [0.2, 0.25) is 10.0 Å². The lowest BCUT2D eigenvalue weighted by atomic mass is 9.93. The highest BCUT2D eigenvalue weighted by atomic mass is 35.5. The minimum Gasteiger partial charge on any atom is -0.244 e. The summed E-state index contributed by atoms with van der Waals surface area (Å²) in [6.07, 6.45) is 5.67. The van der Waals surface area contributed by atoms with E-state index in [2.05, 4.69) is 4.98 Å². The van der Waals surface area contributed by atoms with E-state index in [1.54, 1.807) is 10.5 Å². The highest BCUT2D eigenvalue weighted by molar-refractivity contribution is 7.88. The topological polar surface area (TPSA) is 50.3 Å². The molecule has 0 radical (unpaired) electrons. The molecule has 18 heavy (non-hydrogen) atoms. The van der Waals surface area contributed by atoms with Crippen molar-refractivity contribution in [3.8, 4) is 0 Å². The Labute approximate surface area is 113 Å². The maximum Gasteiger partial charge on any atom is 0.211 e. The lowest BCUT2D eigenvalue weighted by Gasteiger charge is -2.31. The molecule has 2 rings (SSSR count). The zero-order valence-corrected chi connectivity index (χ0v) is 11.9. The van der Waals surface area contributed by atoms with Gasteiger partial charge in [-0.2, -0.15) is 0 Å². The molecule has 1 fully saturated rings. The first-order valence-corrected chi connectivity index (χ1v) is 8.24. The van der Waals surface area contributed by atoms with Gasteiger partial charge in [0.1, 0.15) is 5.15 Å². The van der Waals surface area contributed by atoms with Crippen molar-refractivity contribution in [3.63, 3.8) is 0 Å². The molecule has 6 heteroatoms. The van der Waals surface area contributed by atoms with Crippen LogP contribution in [0, 0.1) is 5.92 Å². The Morgan fingerprint density at radius 3 is 3.00 bits per heavy atom. The Bertz CT molecular complexity index is 519. The Balaban J connectivity index is 2.05. The van der Waals surface area contributed by atoms with E-state index >= 15 is 0 Å². The van der Waals surface area contributed by atoms with Crippen molar-refractivity contribution in [2.75, 3.05) is 19.3 Å². The number of rotatable bonds is 3. The van der Waals surface area contributed by atoms with E-state index < -0.39 is 10.0 Å². The van der Waals surface area contributed by atoms with Crippen molar-refractivity contribution in [2.24, 2.45) is 5.92 Å².